The summed E-state index contributed by atoms with van der Waals surface area (Å²) in [6.45, 7) is 12.0. The van der Waals surface area contributed by atoms with Gasteiger partial charge in [0.25, 0.3) is 10.0 Å². The number of nitrogens with one attached hydrogen (secondary N) is 1. The highest BCUT2D eigenvalue weighted by Gasteiger charge is 2.62. The lowest BCUT2D eigenvalue weighted by Crippen LogP contribution is -2.56. The number of hydrogen-bond donors (Lipinski definition) is 2. The molecular formula is C34H53NO5S. The van der Waals surface area contributed by atoms with Gasteiger partial charge < -0.3 is 9.84 Å². The van der Waals surface area contributed by atoms with Crippen LogP contribution in [0, 0.1) is 59.2 Å². The molecule has 1 aromatic rings. The number of ether oxygens (including phenoxy) is 1. The highest BCUT2D eigenvalue weighted by Crippen LogP contribution is 2.69. The minimum atomic E-state index is -3.93. The molecule has 0 bridgehead atoms. The van der Waals surface area contributed by atoms with Gasteiger partial charge in [0, 0.05) is 0 Å². The van der Waals surface area contributed by atoms with Gasteiger partial charge in [-0.05, 0) is 136 Å². The van der Waals surface area contributed by atoms with Gasteiger partial charge in [-0.15, -0.1) is 0 Å². The molecule has 4 aliphatic carbocycles. The number of amides is 1. The summed E-state index contributed by atoms with van der Waals surface area (Å²) in [7, 11) is -3.93. The van der Waals surface area contributed by atoms with Crippen LogP contribution in [0.4, 0.5) is 4.79 Å². The van der Waals surface area contributed by atoms with E-state index < -0.39 is 16.1 Å². The second-order valence-electron chi connectivity index (χ2n) is 14.7. The van der Waals surface area contributed by atoms with Gasteiger partial charge in [-0.25, -0.2) is 17.9 Å². The van der Waals surface area contributed by atoms with Crippen LogP contribution in [0.3, 0.4) is 0 Å². The fourth-order valence-corrected chi connectivity index (χ4v) is 11.5. The summed E-state index contributed by atoms with van der Waals surface area (Å²) in [6, 6.07) is 6.39. The van der Waals surface area contributed by atoms with Crippen molar-refractivity contribution in [1.82, 2.24) is 4.72 Å². The molecule has 0 saturated heterocycles. The Labute approximate surface area is 248 Å². The monoisotopic (exact) mass is 587 g/mol. The fraction of sp³-hybridized carbons (Fsp3) is 0.794. The standard InChI is InChI=1S/C34H53NO5S/c1-6-24-20-27-29-14-13-28(33(29,4)18-16-30(27)34(5)17-15-25(36)21-31(24)34)23(3)8-7-19-40-32(37)35-41(38,39)26-11-9-22(2)10-12-26/h9-12,23-25,27-31,36H,6-8,13-21H2,1-5H3,(H,35,37)/t23-,24+,25-,27+,28?,29+,30+,31+,33-,34-/m1/s1. The average molecular weight is 588 g/mol. The van der Waals surface area contributed by atoms with Crippen LogP contribution in [0.2, 0.25) is 0 Å². The number of aliphatic hydroxyl groups is 1. The lowest BCUT2D eigenvalue weighted by atomic mass is 9.42. The first-order chi connectivity index (χ1) is 19.4. The van der Waals surface area contributed by atoms with Crippen molar-refractivity contribution in [2.45, 2.75) is 116 Å². The first-order valence-electron chi connectivity index (χ1n) is 16.3. The number of carbonyl (C=O) groups is 1. The summed E-state index contributed by atoms with van der Waals surface area (Å²) >= 11 is 0. The van der Waals surface area contributed by atoms with Crippen molar-refractivity contribution in [3.63, 3.8) is 0 Å². The number of aryl methyl sites for hydroxylation is 1. The Balaban J connectivity index is 1.15. The van der Waals surface area contributed by atoms with Crippen molar-refractivity contribution in [1.29, 1.82) is 0 Å². The number of benzene rings is 1. The van der Waals surface area contributed by atoms with Gasteiger partial charge in [0.2, 0.25) is 0 Å². The van der Waals surface area contributed by atoms with E-state index in [4.69, 9.17) is 4.74 Å². The molecule has 1 amide bonds. The minimum absolute atomic E-state index is 0.0567. The van der Waals surface area contributed by atoms with Gasteiger partial charge in [-0.3, -0.25) is 0 Å². The zero-order chi connectivity index (χ0) is 29.6. The molecule has 4 aliphatic rings. The molecule has 6 nitrogen and oxygen atoms in total. The Kier molecular flexibility index (Phi) is 8.90. The Morgan fingerprint density at radius 1 is 1.02 bits per heavy atom. The second-order valence-corrected chi connectivity index (χ2v) is 16.4. The van der Waals surface area contributed by atoms with Gasteiger partial charge in [0.05, 0.1) is 17.6 Å². The fourth-order valence-electron chi connectivity index (χ4n) is 10.6. The number of hydrogen-bond acceptors (Lipinski definition) is 5. The molecule has 4 fully saturated rings. The molecule has 0 spiro atoms. The van der Waals surface area contributed by atoms with Crippen molar-refractivity contribution in [2.24, 2.45) is 52.3 Å². The van der Waals surface area contributed by atoms with Crippen LogP contribution in [0.5, 0.6) is 0 Å². The maximum absolute atomic E-state index is 12.5. The van der Waals surface area contributed by atoms with Crippen molar-refractivity contribution in [3.05, 3.63) is 29.8 Å². The van der Waals surface area contributed by atoms with E-state index in [0.29, 0.717) is 28.6 Å². The van der Waals surface area contributed by atoms with E-state index in [9.17, 15) is 18.3 Å². The molecule has 0 aromatic heterocycles. The molecule has 5 rings (SSSR count). The summed E-state index contributed by atoms with van der Waals surface area (Å²) in [5, 5.41) is 10.5. The maximum atomic E-state index is 12.5. The van der Waals surface area contributed by atoms with Gasteiger partial charge in [-0.1, -0.05) is 51.8 Å². The highest BCUT2D eigenvalue weighted by molar-refractivity contribution is 7.90. The Bertz CT molecular complexity index is 1180. The van der Waals surface area contributed by atoms with Crippen molar-refractivity contribution < 1.29 is 23.1 Å². The molecule has 0 aliphatic heterocycles. The van der Waals surface area contributed by atoms with E-state index in [1.54, 1.807) is 12.1 Å². The number of carbonyl (C=O) groups excluding carboxylic acids is 1. The number of sulfonamides is 1. The van der Waals surface area contributed by atoms with Crippen LogP contribution in [-0.4, -0.2) is 32.3 Å². The van der Waals surface area contributed by atoms with Gasteiger partial charge >= 0.3 is 6.09 Å². The van der Waals surface area contributed by atoms with Crippen LogP contribution in [0.15, 0.2) is 29.2 Å². The van der Waals surface area contributed by atoms with E-state index in [1.165, 1.54) is 57.1 Å². The summed E-state index contributed by atoms with van der Waals surface area (Å²) < 4.78 is 32.3. The van der Waals surface area contributed by atoms with Crippen molar-refractivity contribution >= 4 is 16.1 Å². The van der Waals surface area contributed by atoms with E-state index in [-0.39, 0.29) is 17.6 Å². The molecule has 0 radical (unpaired) electrons. The van der Waals surface area contributed by atoms with E-state index in [2.05, 4.69) is 27.7 Å². The summed E-state index contributed by atoms with van der Waals surface area (Å²) in [6.07, 6.45) is 11.7. The molecule has 0 heterocycles. The van der Waals surface area contributed by atoms with Gasteiger partial charge in [0.1, 0.15) is 0 Å². The van der Waals surface area contributed by atoms with E-state index >= 15 is 0 Å². The summed E-state index contributed by atoms with van der Waals surface area (Å²) in [5.41, 5.74) is 1.71. The van der Waals surface area contributed by atoms with Crippen molar-refractivity contribution in [2.75, 3.05) is 6.61 Å². The Hall–Kier alpha value is -1.60. The maximum Gasteiger partial charge on any atom is 0.421 e. The third-order valence-electron chi connectivity index (χ3n) is 12.7. The summed E-state index contributed by atoms with van der Waals surface area (Å²) in [5.74, 6) is 5.07. The SMILES string of the molecule is CC[C@H]1C[C@@H]2[C@H](CC[C@]3(C)C([C@H](C)CCCOC(=O)NS(=O)(=O)c4ccc(C)cc4)CC[C@@H]23)[C@@]2(C)CC[C@@H](O)C[C@@H]12. The molecule has 1 unspecified atom stereocenters. The highest BCUT2D eigenvalue weighted by atomic mass is 32.2. The third-order valence-corrected chi connectivity index (χ3v) is 14.0. The molecule has 4 saturated carbocycles. The predicted molar refractivity (Wildman–Crippen MR) is 162 cm³/mol. The lowest BCUT2D eigenvalue weighted by molar-refractivity contribution is -0.152. The molecule has 1 aromatic carbocycles. The lowest BCUT2D eigenvalue weighted by Gasteiger charge is -2.63. The van der Waals surface area contributed by atoms with Crippen molar-refractivity contribution in [3.8, 4) is 0 Å². The minimum Gasteiger partial charge on any atom is -0.449 e. The average Bonchev–Trinajstić information content (AvgIpc) is 3.28. The topological polar surface area (TPSA) is 92.7 Å². The van der Waals surface area contributed by atoms with Gasteiger partial charge in [-0.2, -0.15) is 0 Å². The van der Waals surface area contributed by atoms with Crippen LogP contribution < -0.4 is 4.72 Å². The molecular weight excluding hydrogens is 534 g/mol. The van der Waals surface area contributed by atoms with Gasteiger partial charge in [0.15, 0.2) is 0 Å². The largest absolute Gasteiger partial charge is 0.449 e. The number of fused-ring (bicyclic) bond motifs is 5. The van der Waals surface area contributed by atoms with E-state index in [0.717, 1.165) is 54.9 Å². The third kappa shape index (κ3) is 5.83. The Morgan fingerprint density at radius 3 is 2.41 bits per heavy atom. The molecule has 10 atom stereocenters. The van der Waals surface area contributed by atoms with Crippen LogP contribution in [-0.2, 0) is 14.8 Å². The predicted octanol–water partition coefficient (Wildman–Crippen LogP) is 7.48. The van der Waals surface area contributed by atoms with Crippen LogP contribution in [0.1, 0.15) is 104 Å². The number of aliphatic hydroxyl groups excluding tert-OH is 1. The molecule has 230 valence electrons. The molecule has 7 heteroatoms. The smallest absolute Gasteiger partial charge is 0.421 e. The van der Waals surface area contributed by atoms with Crippen LogP contribution >= 0.6 is 0 Å². The zero-order valence-electron chi connectivity index (χ0n) is 25.9. The quantitative estimate of drug-likeness (QED) is 0.308. The second kappa shape index (κ2) is 11.8. The number of rotatable bonds is 8. The molecule has 2 N–H and O–H groups in total. The zero-order valence-corrected chi connectivity index (χ0v) is 26.7. The Morgan fingerprint density at radius 2 is 1.71 bits per heavy atom. The van der Waals surface area contributed by atoms with Crippen LogP contribution in [0.25, 0.3) is 0 Å². The molecule has 41 heavy (non-hydrogen) atoms. The summed E-state index contributed by atoms with van der Waals surface area (Å²) in [4.78, 5) is 12.3. The first kappa shape index (κ1) is 30.8. The first-order valence-corrected chi connectivity index (χ1v) is 17.8. The van der Waals surface area contributed by atoms with E-state index in [1.807, 2.05) is 11.6 Å². The normalized spacial score (nSPS) is 39.2.